The van der Waals surface area contributed by atoms with Crippen LogP contribution in [0.25, 0.3) is 0 Å². The molecule has 5 rings (SSSR count). The number of ether oxygens (including phenoxy) is 3. The fraction of sp³-hybridized carbons (Fsp3) is 0.103. The number of phenolic OH excluding ortho intramolecular Hbond substituents is 10. The van der Waals surface area contributed by atoms with Gasteiger partial charge in [0.05, 0.1) is 11.1 Å². The Balaban J connectivity index is 1.55. The van der Waals surface area contributed by atoms with E-state index in [2.05, 4.69) is 0 Å². The molecule has 1 aliphatic heterocycles. The molecular weight excluding hydrogens is 588 g/mol. The van der Waals surface area contributed by atoms with Gasteiger partial charge in [-0.1, -0.05) is 0 Å². The van der Waals surface area contributed by atoms with Gasteiger partial charge in [-0.05, 0) is 36.4 Å². The molecule has 10 N–H and O–H groups in total. The van der Waals surface area contributed by atoms with E-state index in [9.17, 15) is 60.7 Å². The first-order valence-corrected chi connectivity index (χ1v) is 12.4. The average molecular weight is 610 g/mol. The van der Waals surface area contributed by atoms with Crippen LogP contribution in [0.1, 0.15) is 37.9 Å². The van der Waals surface area contributed by atoms with Crippen molar-refractivity contribution in [3.63, 3.8) is 0 Å². The van der Waals surface area contributed by atoms with Gasteiger partial charge in [-0.3, -0.25) is 0 Å². The Morgan fingerprint density at radius 2 is 1.07 bits per heavy atom. The zero-order valence-electron chi connectivity index (χ0n) is 22.0. The van der Waals surface area contributed by atoms with Crippen molar-refractivity contribution < 1.29 is 74.9 Å². The number of carbonyl (C=O) groups excluding carboxylic acids is 2. The normalized spacial score (nSPS) is 15.5. The lowest BCUT2D eigenvalue weighted by molar-refractivity contribution is -0.0190. The molecule has 44 heavy (non-hydrogen) atoms. The van der Waals surface area contributed by atoms with E-state index in [0.717, 1.165) is 48.5 Å². The van der Waals surface area contributed by atoms with Crippen LogP contribution in [0.15, 0.2) is 48.5 Å². The highest BCUT2D eigenvalue weighted by Gasteiger charge is 2.38. The lowest BCUT2D eigenvalue weighted by atomic mass is 9.93. The quantitative estimate of drug-likeness (QED) is 0.0884. The zero-order valence-corrected chi connectivity index (χ0v) is 22.0. The summed E-state index contributed by atoms with van der Waals surface area (Å²) in [7, 11) is 0. The molecule has 15 heteroatoms. The highest BCUT2D eigenvalue weighted by molar-refractivity contribution is 5.93. The van der Waals surface area contributed by atoms with Gasteiger partial charge in [-0.2, -0.15) is 0 Å². The van der Waals surface area contributed by atoms with Crippen molar-refractivity contribution in [3.8, 4) is 69.0 Å². The van der Waals surface area contributed by atoms with Crippen LogP contribution in [0.2, 0.25) is 0 Å². The number of esters is 2. The Labute approximate surface area is 245 Å². The van der Waals surface area contributed by atoms with Crippen molar-refractivity contribution in [2.75, 3.05) is 0 Å². The fourth-order valence-electron chi connectivity index (χ4n) is 4.51. The van der Waals surface area contributed by atoms with Crippen LogP contribution in [-0.4, -0.2) is 69.1 Å². The third kappa shape index (κ3) is 5.32. The molecule has 0 aliphatic carbocycles. The molecule has 4 aromatic carbocycles. The third-order valence-corrected chi connectivity index (χ3v) is 6.64. The van der Waals surface area contributed by atoms with E-state index >= 15 is 0 Å². The number of fused-ring (bicyclic) bond motifs is 1. The summed E-state index contributed by atoms with van der Waals surface area (Å²) in [4.78, 5) is 26.0. The van der Waals surface area contributed by atoms with Crippen molar-refractivity contribution in [1.82, 2.24) is 0 Å². The monoisotopic (exact) mass is 610 g/mol. The van der Waals surface area contributed by atoms with Crippen LogP contribution in [-0.2, 0) is 11.2 Å². The Kier molecular flexibility index (Phi) is 7.14. The van der Waals surface area contributed by atoms with E-state index in [1.807, 2.05) is 0 Å². The zero-order chi connectivity index (χ0) is 32.0. The van der Waals surface area contributed by atoms with Crippen molar-refractivity contribution in [3.05, 3.63) is 70.8 Å². The highest BCUT2D eigenvalue weighted by atomic mass is 16.6. The first-order chi connectivity index (χ1) is 20.7. The molecule has 0 fully saturated rings. The SMILES string of the molecule is O=C(Oc1cc(O)cc2c1CC(OC(=O)c1cc(O)c(O)c(O)c1)C(c1cc(O)c(O)c(O)c1)O2)c1cc(O)c(O)c(O)c1. The molecule has 0 saturated heterocycles. The van der Waals surface area contributed by atoms with Crippen molar-refractivity contribution in [2.45, 2.75) is 18.6 Å². The molecule has 0 radical (unpaired) electrons. The Morgan fingerprint density at radius 1 is 0.614 bits per heavy atom. The fourth-order valence-corrected chi connectivity index (χ4v) is 4.51. The molecule has 15 nitrogen and oxygen atoms in total. The van der Waals surface area contributed by atoms with Gasteiger partial charge in [0, 0.05) is 29.7 Å². The van der Waals surface area contributed by atoms with Crippen molar-refractivity contribution in [1.29, 1.82) is 0 Å². The van der Waals surface area contributed by atoms with Crippen LogP contribution in [0.4, 0.5) is 0 Å². The summed E-state index contributed by atoms with van der Waals surface area (Å²) < 4.78 is 16.9. The molecule has 2 unspecified atom stereocenters. The van der Waals surface area contributed by atoms with Crippen LogP contribution < -0.4 is 9.47 Å². The molecule has 0 spiro atoms. The second kappa shape index (κ2) is 10.8. The minimum Gasteiger partial charge on any atom is -0.508 e. The Bertz CT molecular complexity index is 1760. The standard InChI is InChI=1S/C29H22O15/c30-13-7-21-14(22(8-13)43-28(40)11-3-17(33)25(38)18(34)4-11)9-23(27(42-21)10-1-15(31)24(37)16(32)2-10)44-29(41)12-5-19(35)26(39)20(36)6-12/h1-8,23,27,30-39H,9H2. The van der Waals surface area contributed by atoms with Gasteiger partial charge in [-0.15, -0.1) is 0 Å². The first-order valence-electron chi connectivity index (χ1n) is 12.4. The van der Waals surface area contributed by atoms with Gasteiger partial charge >= 0.3 is 11.9 Å². The summed E-state index contributed by atoms with van der Waals surface area (Å²) in [6, 6.07) is 7.44. The van der Waals surface area contributed by atoms with Crippen LogP contribution in [0.3, 0.4) is 0 Å². The topological polar surface area (TPSA) is 264 Å². The average Bonchev–Trinajstić information content (AvgIpc) is 2.96. The summed E-state index contributed by atoms with van der Waals surface area (Å²) in [5.41, 5.74) is -0.756. The van der Waals surface area contributed by atoms with E-state index in [-0.39, 0.29) is 29.0 Å². The molecule has 1 aliphatic rings. The molecule has 2 atom stereocenters. The minimum absolute atomic E-state index is 0.0189. The largest absolute Gasteiger partial charge is 0.508 e. The highest BCUT2D eigenvalue weighted by Crippen LogP contribution is 2.47. The van der Waals surface area contributed by atoms with Gasteiger partial charge in [0.2, 0.25) is 0 Å². The molecule has 228 valence electrons. The molecule has 0 bridgehead atoms. The molecular formula is C29H22O15. The van der Waals surface area contributed by atoms with Crippen molar-refractivity contribution in [2.24, 2.45) is 0 Å². The summed E-state index contributed by atoms with van der Waals surface area (Å²) in [6.45, 7) is 0. The van der Waals surface area contributed by atoms with Gasteiger partial charge in [0.15, 0.2) is 57.8 Å². The molecule has 1 heterocycles. The predicted molar refractivity (Wildman–Crippen MR) is 144 cm³/mol. The Hall–Kier alpha value is -6.38. The number of hydrogen-bond donors (Lipinski definition) is 10. The minimum atomic E-state index is -1.37. The second-order valence-corrected chi connectivity index (χ2v) is 9.63. The van der Waals surface area contributed by atoms with E-state index in [4.69, 9.17) is 14.2 Å². The lowest BCUT2D eigenvalue weighted by Crippen LogP contribution is -2.35. The van der Waals surface area contributed by atoms with Gasteiger partial charge in [-0.25, -0.2) is 9.59 Å². The summed E-state index contributed by atoms with van der Waals surface area (Å²) in [6.07, 6.45) is -3.04. The number of carbonyl (C=O) groups is 2. The number of benzene rings is 4. The first kappa shape index (κ1) is 29.1. The van der Waals surface area contributed by atoms with E-state index in [1.54, 1.807) is 0 Å². The third-order valence-electron chi connectivity index (χ3n) is 6.64. The smallest absolute Gasteiger partial charge is 0.343 e. The molecule has 0 aromatic heterocycles. The van der Waals surface area contributed by atoms with Crippen LogP contribution >= 0.6 is 0 Å². The van der Waals surface area contributed by atoms with Gasteiger partial charge in [0.25, 0.3) is 0 Å². The number of phenols is 10. The second-order valence-electron chi connectivity index (χ2n) is 9.63. The van der Waals surface area contributed by atoms with Crippen molar-refractivity contribution >= 4 is 11.9 Å². The van der Waals surface area contributed by atoms with E-state index < -0.39 is 92.8 Å². The summed E-state index contributed by atoms with van der Waals surface area (Å²) in [5, 5.41) is 98.7. The maximum atomic E-state index is 13.1. The van der Waals surface area contributed by atoms with Gasteiger partial charge in [0.1, 0.15) is 23.4 Å². The number of rotatable bonds is 5. The predicted octanol–water partition coefficient (Wildman–Crippen LogP) is 2.86. The summed E-state index contributed by atoms with van der Waals surface area (Å²) in [5.74, 6) is -10.6. The molecule has 4 aromatic rings. The van der Waals surface area contributed by atoms with Crippen LogP contribution in [0, 0.1) is 0 Å². The maximum absolute atomic E-state index is 13.1. The number of hydrogen-bond acceptors (Lipinski definition) is 15. The Morgan fingerprint density at radius 3 is 1.57 bits per heavy atom. The molecule has 0 amide bonds. The van der Waals surface area contributed by atoms with Crippen LogP contribution in [0.5, 0.6) is 69.0 Å². The maximum Gasteiger partial charge on any atom is 0.343 e. The van der Waals surface area contributed by atoms with E-state index in [1.165, 1.54) is 0 Å². The lowest BCUT2D eigenvalue weighted by Gasteiger charge is -2.34. The molecule has 0 saturated carbocycles. The number of aromatic hydroxyl groups is 10. The van der Waals surface area contributed by atoms with Gasteiger partial charge < -0.3 is 65.3 Å². The summed E-state index contributed by atoms with van der Waals surface area (Å²) >= 11 is 0. The van der Waals surface area contributed by atoms with E-state index in [0.29, 0.717) is 0 Å².